The Kier molecular flexibility index (Phi) is 4.43. The van der Waals surface area contributed by atoms with E-state index in [1.165, 1.54) is 10.4 Å². The second-order valence-electron chi connectivity index (χ2n) is 4.99. The Hall–Kier alpha value is -0.780. The molecule has 3 rings (SSSR count). The van der Waals surface area contributed by atoms with Crippen molar-refractivity contribution in [2.24, 2.45) is 0 Å². The minimum absolute atomic E-state index is 0.0527. The SMILES string of the molecule is COc1cc(C)c(Br)cc1C(=O)c1cc2c(s1)CCSC2. The van der Waals surface area contributed by atoms with Gasteiger partial charge in [0.1, 0.15) is 5.75 Å². The topological polar surface area (TPSA) is 26.3 Å². The van der Waals surface area contributed by atoms with Gasteiger partial charge in [-0.2, -0.15) is 11.8 Å². The molecule has 1 aliphatic heterocycles. The zero-order valence-corrected chi connectivity index (χ0v) is 15.1. The number of ether oxygens (including phenoxy) is 1. The lowest BCUT2D eigenvalue weighted by atomic mass is 10.1. The van der Waals surface area contributed by atoms with Crippen LogP contribution in [0, 0.1) is 6.92 Å². The number of fused-ring (bicyclic) bond motifs is 1. The van der Waals surface area contributed by atoms with Crippen LogP contribution in [-0.4, -0.2) is 18.6 Å². The van der Waals surface area contributed by atoms with E-state index in [1.54, 1.807) is 18.4 Å². The molecule has 0 N–H and O–H groups in total. The van der Waals surface area contributed by atoms with Crippen molar-refractivity contribution in [3.63, 3.8) is 0 Å². The molecule has 0 radical (unpaired) electrons. The van der Waals surface area contributed by atoms with Crippen LogP contribution >= 0.6 is 39.0 Å². The van der Waals surface area contributed by atoms with E-state index in [2.05, 4.69) is 22.0 Å². The number of benzene rings is 1. The zero-order chi connectivity index (χ0) is 15.0. The van der Waals surface area contributed by atoms with Gasteiger partial charge in [-0.05, 0) is 48.4 Å². The van der Waals surface area contributed by atoms with Gasteiger partial charge in [-0.3, -0.25) is 4.79 Å². The highest BCUT2D eigenvalue weighted by Crippen LogP contribution is 2.35. The first kappa shape index (κ1) is 15.1. The number of carbonyl (C=O) groups excluding carboxylic acids is 1. The van der Waals surface area contributed by atoms with Gasteiger partial charge in [0.2, 0.25) is 5.78 Å². The minimum atomic E-state index is 0.0527. The summed E-state index contributed by atoms with van der Waals surface area (Å²) in [6, 6.07) is 5.83. The predicted octanol–water partition coefficient (Wildman–Crippen LogP) is 4.85. The summed E-state index contributed by atoms with van der Waals surface area (Å²) < 4.78 is 6.32. The first-order valence-electron chi connectivity index (χ1n) is 6.68. The summed E-state index contributed by atoms with van der Waals surface area (Å²) in [4.78, 5) is 15.0. The van der Waals surface area contributed by atoms with Gasteiger partial charge in [0, 0.05) is 15.1 Å². The van der Waals surface area contributed by atoms with E-state index in [0.717, 1.165) is 32.8 Å². The van der Waals surface area contributed by atoms with E-state index in [4.69, 9.17) is 4.74 Å². The maximum absolute atomic E-state index is 12.8. The minimum Gasteiger partial charge on any atom is -0.496 e. The third kappa shape index (κ3) is 2.91. The molecule has 2 heterocycles. The molecule has 0 aliphatic carbocycles. The van der Waals surface area contributed by atoms with Gasteiger partial charge in [-0.15, -0.1) is 11.3 Å². The first-order valence-corrected chi connectivity index (χ1v) is 9.44. The van der Waals surface area contributed by atoms with Crippen molar-refractivity contribution in [2.75, 3.05) is 12.9 Å². The van der Waals surface area contributed by atoms with Gasteiger partial charge >= 0.3 is 0 Å². The Morgan fingerprint density at radius 2 is 2.14 bits per heavy atom. The number of hydrogen-bond acceptors (Lipinski definition) is 4. The van der Waals surface area contributed by atoms with Crippen LogP contribution in [0.4, 0.5) is 0 Å². The smallest absolute Gasteiger partial charge is 0.206 e. The second-order valence-corrected chi connectivity index (χ2v) is 8.09. The maximum Gasteiger partial charge on any atom is 0.206 e. The number of halogens is 1. The van der Waals surface area contributed by atoms with Crippen molar-refractivity contribution in [3.05, 3.63) is 49.1 Å². The van der Waals surface area contributed by atoms with E-state index in [0.29, 0.717) is 11.3 Å². The van der Waals surface area contributed by atoms with Crippen molar-refractivity contribution >= 4 is 44.8 Å². The van der Waals surface area contributed by atoms with E-state index >= 15 is 0 Å². The van der Waals surface area contributed by atoms with Crippen LogP contribution < -0.4 is 4.74 Å². The Morgan fingerprint density at radius 1 is 1.33 bits per heavy atom. The van der Waals surface area contributed by atoms with Crippen LogP contribution in [0.25, 0.3) is 0 Å². The molecule has 5 heteroatoms. The predicted molar refractivity (Wildman–Crippen MR) is 93.0 cm³/mol. The van der Waals surface area contributed by atoms with Crippen LogP contribution in [0.2, 0.25) is 0 Å². The maximum atomic E-state index is 12.8. The number of rotatable bonds is 3. The molecule has 110 valence electrons. The lowest BCUT2D eigenvalue weighted by molar-refractivity contribution is 0.103. The normalized spacial score (nSPS) is 13.9. The average molecular weight is 383 g/mol. The zero-order valence-electron chi connectivity index (χ0n) is 11.9. The Labute approximate surface area is 141 Å². The fourth-order valence-electron chi connectivity index (χ4n) is 2.39. The monoisotopic (exact) mass is 382 g/mol. The van der Waals surface area contributed by atoms with Crippen molar-refractivity contribution in [1.29, 1.82) is 0 Å². The Bertz CT molecular complexity index is 683. The molecule has 0 bridgehead atoms. The molecular formula is C16H15BrO2S2. The molecule has 0 amide bonds. The van der Waals surface area contributed by atoms with Gasteiger partial charge in [-0.25, -0.2) is 0 Å². The number of aryl methyl sites for hydroxylation is 2. The lowest BCUT2D eigenvalue weighted by Gasteiger charge is -2.09. The number of thioether (sulfide) groups is 1. The number of ketones is 1. The summed E-state index contributed by atoms with van der Waals surface area (Å²) in [7, 11) is 1.61. The van der Waals surface area contributed by atoms with Crippen molar-refractivity contribution in [1.82, 2.24) is 0 Å². The summed E-state index contributed by atoms with van der Waals surface area (Å²) in [5, 5.41) is 0. The van der Waals surface area contributed by atoms with Crippen LogP contribution in [-0.2, 0) is 12.2 Å². The number of thiophene rings is 1. The van der Waals surface area contributed by atoms with E-state index in [9.17, 15) is 4.79 Å². The molecule has 21 heavy (non-hydrogen) atoms. The number of methoxy groups -OCH3 is 1. The van der Waals surface area contributed by atoms with Crippen molar-refractivity contribution < 1.29 is 9.53 Å². The standard InChI is InChI=1S/C16H15BrO2S2/c1-9-5-13(19-2)11(7-12(9)17)16(18)15-6-10-8-20-4-3-14(10)21-15/h5-7H,3-4,8H2,1-2H3. The highest BCUT2D eigenvalue weighted by Gasteiger charge is 2.21. The highest BCUT2D eigenvalue weighted by atomic mass is 79.9. The summed E-state index contributed by atoms with van der Waals surface area (Å²) in [5.41, 5.74) is 3.01. The van der Waals surface area contributed by atoms with E-state index in [-0.39, 0.29) is 5.78 Å². The summed E-state index contributed by atoms with van der Waals surface area (Å²) in [5.74, 6) is 2.87. The summed E-state index contributed by atoms with van der Waals surface area (Å²) in [6.07, 6.45) is 1.08. The summed E-state index contributed by atoms with van der Waals surface area (Å²) >= 11 is 7.07. The molecular weight excluding hydrogens is 368 g/mol. The molecule has 0 spiro atoms. The Morgan fingerprint density at radius 3 is 2.86 bits per heavy atom. The van der Waals surface area contributed by atoms with Gasteiger partial charge in [-0.1, -0.05) is 15.9 Å². The molecule has 0 saturated carbocycles. The molecule has 0 saturated heterocycles. The number of hydrogen-bond donors (Lipinski definition) is 0. The second kappa shape index (κ2) is 6.15. The van der Waals surface area contributed by atoms with Gasteiger partial charge in [0.15, 0.2) is 0 Å². The molecule has 2 aromatic rings. The molecule has 0 unspecified atom stereocenters. The van der Waals surface area contributed by atoms with Crippen LogP contribution in [0.15, 0.2) is 22.7 Å². The molecule has 0 fully saturated rings. The van der Waals surface area contributed by atoms with Crippen LogP contribution in [0.3, 0.4) is 0 Å². The quantitative estimate of drug-likeness (QED) is 0.709. The summed E-state index contributed by atoms with van der Waals surface area (Å²) in [6.45, 7) is 1.99. The highest BCUT2D eigenvalue weighted by molar-refractivity contribution is 9.10. The Balaban J connectivity index is 2.02. The average Bonchev–Trinajstić information content (AvgIpc) is 2.92. The van der Waals surface area contributed by atoms with Gasteiger partial charge in [0.05, 0.1) is 17.6 Å². The fraction of sp³-hybridized carbons (Fsp3) is 0.312. The van der Waals surface area contributed by atoms with E-state index in [1.807, 2.05) is 30.8 Å². The number of carbonyl (C=O) groups is 1. The molecule has 1 aromatic carbocycles. The third-order valence-corrected chi connectivity index (χ3v) is 6.67. The largest absolute Gasteiger partial charge is 0.496 e. The molecule has 1 aliphatic rings. The molecule has 2 nitrogen and oxygen atoms in total. The van der Waals surface area contributed by atoms with Gasteiger partial charge < -0.3 is 4.74 Å². The third-order valence-electron chi connectivity index (χ3n) is 3.58. The lowest BCUT2D eigenvalue weighted by Crippen LogP contribution is -2.03. The van der Waals surface area contributed by atoms with Crippen LogP contribution in [0.1, 0.15) is 31.2 Å². The fourth-order valence-corrected chi connectivity index (χ4v) is 5.06. The molecule has 1 aromatic heterocycles. The van der Waals surface area contributed by atoms with E-state index < -0.39 is 0 Å². The van der Waals surface area contributed by atoms with Crippen LogP contribution in [0.5, 0.6) is 5.75 Å². The first-order chi connectivity index (χ1) is 10.1. The van der Waals surface area contributed by atoms with Crippen molar-refractivity contribution in [3.8, 4) is 5.75 Å². The van der Waals surface area contributed by atoms with Crippen molar-refractivity contribution in [2.45, 2.75) is 19.1 Å². The van der Waals surface area contributed by atoms with Gasteiger partial charge in [0.25, 0.3) is 0 Å². The molecule has 0 atom stereocenters.